The van der Waals surface area contributed by atoms with E-state index in [0.29, 0.717) is 0 Å². The highest BCUT2D eigenvalue weighted by Crippen LogP contribution is 2.25. The second kappa shape index (κ2) is 7.60. The van der Waals surface area contributed by atoms with Gasteiger partial charge in [-0.3, -0.25) is 5.43 Å². The van der Waals surface area contributed by atoms with Gasteiger partial charge in [-0.25, -0.2) is 4.98 Å². The quantitative estimate of drug-likeness (QED) is 0.459. The summed E-state index contributed by atoms with van der Waals surface area (Å²) in [5.41, 5.74) is 8.36. The fraction of sp³-hybridized carbons (Fsp3) is 0.158. The van der Waals surface area contributed by atoms with Crippen molar-refractivity contribution >= 4 is 33.8 Å². The largest absolute Gasteiger partial charge is 0.252 e. The van der Waals surface area contributed by atoms with E-state index in [1.54, 1.807) is 11.3 Å². The maximum atomic E-state index is 5.91. The molecule has 3 nitrogen and oxygen atoms in total. The predicted molar refractivity (Wildman–Crippen MR) is 104 cm³/mol. The standard InChI is InChI=1S/C19H18ClN3S/c1-3-14-4-6-16(7-5-14)18-12-24-19(21-18)23-22-13(2)15-8-10-17(20)11-9-15/h4-12H,3H2,1-2H3,(H,21,23)/b22-13+. The van der Waals surface area contributed by atoms with E-state index < -0.39 is 0 Å². The molecule has 1 N–H and O–H groups in total. The molecule has 0 aliphatic carbocycles. The summed E-state index contributed by atoms with van der Waals surface area (Å²) in [4.78, 5) is 4.59. The number of halogens is 1. The minimum absolute atomic E-state index is 0.721. The molecule has 0 aliphatic rings. The fourth-order valence-electron chi connectivity index (χ4n) is 2.26. The molecule has 0 radical (unpaired) electrons. The molecule has 0 bridgehead atoms. The third-order valence-electron chi connectivity index (χ3n) is 3.74. The Morgan fingerprint density at radius 3 is 2.50 bits per heavy atom. The van der Waals surface area contributed by atoms with Gasteiger partial charge in [0.05, 0.1) is 11.4 Å². The number of hydrogen-bond acceptors (Lipinski definition) is 4. The third kappa shape index (κ3) is 4.02. The van der Waals surface area contributed by atoms with Gasteiger partial charge in [-0.15, -0.1) is 11.3 Å². The van der Waals surface area contributed by atoms with Gasteiger partial charge in [-0.2, -0.15) is 5.10 Å². The zero-order valence-electron chi connectivity index (χ0n) is 13.6. The van der Waals surface area contributed by atoms with Gasteiger partial charge in [-0.05, 0) is 36.6 Å². The van der Waals surface area contributed by atoms with Gasteiger partial charge in [-0.1, -0.05) is 54.9 Å². The van der Waals surface area contributed by atoms with Gasteiger partial charge in [0.15, 0.2) is 0 Å². The first-order chi connectivity index (χ1) is 11.7. The number of hydrazone groups is 1. The minimum atomic E-state index is 0.721. The van der Waals surface area contributed by atoms with Crippen LogP contribution in [-0.4, -0.2) is 10.7 Å². The number of aromatic nitrogens is 1. The number of rotatable bonds is 5. The van der Waals surface area contributed by atoms with E-state index >= 15 is 0 Å². The van der Waals surface area contributed by atoms with Crippen molar-refractivity contribution in [3.63, 3.8) is 0 Å². The molecule has 0 spiro atoms. The monoisotopic (exact) mass is 355 g/mol. The lowest BCUT2D eigenvalue weighted by molar-refractivity contribution is 1.14. The van der Waals surface area contributed by atoms with Crippen LogP contribution in [0.2, 0.25) is 5.02 Å². The average molecular weight is 356 g/mol. The Morgan fingerprint density at radius 2 is 1.83 bits per heavy atom. The summed E-state index contributed by atoms with van der Waals surface area (Å²) in [5.74, 6) is 0. The molecule has 122 valence electrons. The van der Waals surface area contributed by atoms with E-state index in [4.69, 9.17) is 11.6 Å². The molecule has 0 fully saturated rings. The van der Waals surface area contributed by atoms with Crippen molar-refractivity contribution in [3.05, 3.63) is 70.1 Å². The van der Waals surface area contributed by atoms with Gasteiger partial charge in [0.25, 0.3) is 0 Å². The lowest BCUT2D eigenvalue weighted by Crippen LogP contribution is -1.99. The van der Waals surface area contributed by atoms with E-state index in [1.165, 1.54) is 5.56 Å². The normalized spacial score (nSPS) is 11.5. The molecule has 3 rings (SSSR count). The van der Waals surface area contributed by atoms with Crippen LogP contribution in [-0.2, 0) is 6.42 Å². The van der Waals surface area contributed by atoms with Crippen molar-refractivity contribution in [1.29, 1.82) is 0 Å². The summed E-state index contributed by atoms with van der Waals surface area (Å²) in [6.07, 6.45) is 1.04. The van der Waals surface area contributed by atoms with E-state index in [-0.39, 0.29) is 0 Å². The average Bonchev–Trinajstić information content (AvgIpc) is 3.09. The van der Waals surface area contributed by atoms with Crippen LogP contribution < -0.4 is 5.43 Å². The van der Waals surface area contributed by atoms with Crippen LogP contribution in [0.4, 0.5) is 5.13 Å². The van der Waals surface area contributed by atoms with Gasteiger partial charge < -0.3 is 0 Å². The highest BCUT2D eigenvalue weighted by Gasteiger charge is 2.04. The molecular weight excluding hydrogens is 338 g/mol. The van der Waals surface area contributed by atoms with Crippen molar-refractivity contribution in [3.8, 4) is 11.3 Å². The Hall–Kier alpha value is -2.17. The lowest BCUT2D eigenvalue weighted by Gasteiger charge is -2.01. The molecule has 0 saturated carbocycles. The molecule has 2 aromatic carbocycles. The zero-order valence-corrected chi connectivity index (χ0v) is 15.2. The number of aryl methyl sites for hydroxylation is 1. The Bertz CT molecular complexity index is 836. The summed E-state index contributed by atoms with van der Waals surface area (Å²) >= 11 is 7.45. The second-order valence-corrected chi connectivity index (χ2v) is 6.70. The van der Waals surface area contributed by atoms with E-state index in [2.05, 4.69) is 46.7 Å². The first kappa shape index (κ1) is 16.7. The van der Waals surface area contributed by atoms with Crippen LogP contribution in [0.5, 0.6) is 0 Å². The Labute approximate surface area is 151 Å². The molecule has 3 aromatic rings. The summed E-state index contributed by atoms with van der Waals surface area (Å²) < 4.78 is 0. The van der Waals surface area contributed by atoms with Crippen LogP contribution in [0.25, 0.3) is 11.3 Å². The molecule has 0 atom stereocenters. The van der Waals surface area contributed by atoms with Crippen molar-refractivity contribution in [2.24, 2.45) is 5.10 Å². The molecule has 0 aliphatic heterocycles. The van der Waals surface area contributed by atoms with Crippen molar-refractivity contribution in [1.82, 2.24) is 4.98 Å². The molecule has 1 aromatic heterocycles. The smallest absolute Gasteiger partial charge is 0.203 e. The van der Waals surface area contributed by atoms with Gasteiger partial charge in [0, 0.05) is 16.0 Å². The first-order valence-corrected chi connectivity index (χ1v) is 9.02. The lowest BCUT2D eigenvalue weighted by atomic mass is 10.1. The van der Waals surface area contributed by atoms with Crippen LogP contribution in [0.1, 0.15) is 25.0 Å². The van der Waals surface area contributed by atoms with Crippen molar-refractivity contribution in [2.45, 2.75) is 20.3 Å². The molecular formula is C19H18ClN3S. The Balaban J connectivity index is 1.71. The maximum Gasteiger partial charge on any atom is 0.203 e. The van der Waals surface area contributed by atoms with Gasteiger partial charge in [0.2, 0.25) is 5.13 Å². The number of nitrogens with one attached hydrogen (secondary N) is 1. The highest BCUT2D eigenvalue weighted by atomic mass is 35.5. The van der Waals surface area contributed by atoms with Crippen LogP contribution in [0, 0.1) is 0 Å². The third-order valence-corrected chi connectivity index (χ3v) is 4.74. The highest BCUT2D eigenvalue weighted by molar-refractivity contribution is 7.14. The number of anilines is 1. The maximum absolute atomic E-state index is 5.91. The summed E-state index contributed by atoms with van der Waals surface area (Å²) in [5, 5.41) is 7.93. The van der Waals surface area contributed by atoms with E-state index in [0.717, 1.165) is 39.1 Å². The molecule has 0 amide bonds. The van der Waals surface area contributed by atoms with Crippen LogP contribution >= 0.6 is 22.9 Å². The minimum Gasteiger partial charge on any atom is -0.252 e. The molecule has 0 saturated heterocycles. The first-order valence-electron chi connectivity index (χ1n) is 7.77. The summed E-state index contributed by atoms with van der Waals surface area (Å²) in [6, 6.07) is 16.1. The number of hydrogen-bond donors (Lipinski definition) is 1. The molecule has 5 heteroatoms. The SMILES string of the molecule is CCc1ccc(-c2csc(N/N=C(\C)c3ccc(Cl)cc3)n2)cc1. The number of nitrogens with zero attached hydrogens (tertiary/aromatic N) is 2. The van der Waals surface area contributed by atoms with Crippen molar-refractivity contribution in [2.75, 3.05) is 5.43 Å². The molecule has 24 heavy (non-hydrogen) atoms. The summed E-state index contributed by atoms with van der Waals surface area (Å²) in [7, 11) is 0. The zero-order chi connectivity index (χ0) is 16.9. The second-order valence-electron chi connectivity index (χ2n) is 5.40. The summed E-state index contributed by atoms with van der Waals surface area (Å²) in [6.45, 7) is 4.11. The molecule has 1 heterocycles. The molecule has 0 unspecified atom stereocenters. The van der Waals surface area contributed by atoms with E-state index in [1.807, 2.05) is 36.6 Å². The van der Waals surface area contributed by atoms with Crippen molar-refractivity contribution < 1.29 is 0 Å². The fourth-order valence-corrected chi connectivity index (χ4v) is 3.04. The topological polar surface area (TPSA) is 37.3 Å². The van der Waals surface area contributed by atoms with Crippen LogP contribution in [0.15, 0.2) is 59.0 Å². The van der Waals surface area contributed by atoms with E-state index in [9.17, 15) is 0 Å². The predicted octanol–water partition coefficient (Wildman–Crippen LogP) is 5.86. The number of benzene rings is 2. The van der Waals surface area contributed by atoms with Crippen LogP contribution in [0.3, 0.4) is 0 Å². The Morgan fingerprint density at radius 1 is 1.12 bits per heavy atom. The number of thiazole rings is 1. The Kier molecular flexibility index (Phi) is 5.28. The van der Waals surface area contributed by atoms with Gasteiger partial charge in [0.1, 0.15) is 0 Å². The van der Waals surface area contributed by atoms with Gasteiger partial charge >= 0.3 is 0 Å².